The number of halogens is 1. The summed E-state index contributed by atoms with van der Waals surface area (Å²) in [5, 5.41) is 5.79. The van der Waals surface area contributed by atoms with Crippen LogP contribution in [-0.4, -0.2) is 28.5 Å². The monoisotopic (exact) mass is 396 g/mol. The lowest BCUT2D eigenvalue weighted by Gasteiger charge is -2.11. The Kier molecular flexibility index (Phi) is 6.81. The number of amides is 1. The van der Waals surface area contributed by atoms with Crippen LogP contribution in [0, 0.1) is 0 Å². The maximum atomic E-state index is 12.6. The van der Waals surface area contributed by atoms with E-state index in [1.807, 2.05) is 60.7 Å². The van der Waals surface area contributed by atoms with E-state index >= 15 is 0 Å². The number of carbonyl (C=O) groups excluding carboxylic acids is 1. The first-order valence-corrected chi connectivity index (χ1v) is 9.35. The standard InChI is InChI=1S/C21H21ClN4O2/c22-18-15-26(14-17-9-5-2-6-10-17)21(28)20(25-18)24-13-19(27)23-12-11-16-7-3-1-4-8-16/h1-10,15H,11-14H2,(H,23,27)(H,24,25). The molecule has 0 unspecified atom stereocenters. The zero-order chi connectivity index (χ0) is 19.8. The van der Waals surface area contributed by atoms with Gasteiger partial charge in [-0.3, -0.25) is 9.59 Å². The van der Waals surface area contributed by atoms with Gasteiger partial charge in [0, 0.05) is 12.7 Å². The molecule has 3 aromatic rings. The highest BCUT2D eigenvalue weighted by molar-refractivity contribution is 6.29. The zero-order valence-electron chi connectivity index (χ0n) is 15.3. The molecule has 0 aliphatic heterocycles. The maximum Gasteiger partial charge on any atom is 0.293 e. The van der Waals surface area contributed by atoms with E-state index in [0.717, 1.165) is 17.5 Å². The molecule has 0 saturated heterocycles. The number of carbonyl (C=O) groups is 1. The van der Waals surface area contributed by atoms with Crippen LogP contribution >= 0.6 is 11.6 Å². The number of benzene rings is 2. The van der Waals surface area contributed by atoms with Gasteiger partial charge in [0.05, 0.1) is 13.1 Å². The number of aromatic nitrogens is 2. The Labute approximate surface area is 168 Å². The van der Waals surface area contributed by atoms with E-state index in [0.29, 0.717) is 13.1 Å². The number of rotatable bonds is 8. The van der Waals surface area contributed by atoms with Crippen molar-refractivity contribution < 1.29 is 4.79 Å². The summed E-state index contributed by atoms with van der Waals surface area (Å²) in [6.07, 6.45) is 2.23. The van der Waals surface area contributed by atoms with Crippen molar-refractivity contribution in [2.75, 3.05) is 18.4 Å². The van der Waals surface area contributed by atoms with E-state index in [-0.39, 0.29) is 29.0 Å². The van der Waals surface area contributed by atoms with Gasteiger partial charge in [-0.15, -0.1) is 0 Å². The van der Waals surface area contributed by atoms with E-state index in [1.165, 1.54) is 10.8 Å². The summed E-state index contributed by atoms with van der Waals surface area (Å²) in [6, 6.07) is 19.5. The van der Waals surface area contributed by atoms with E-state index < -0.39 is 0 Å². The summed E-state index contributed by atoms with van der Waals surface area (Å²) in [7, 11) is 0. The van der Waals surface area contributed by atoms with Gasteiger partial charge in [-0.05, 0) is 17.5 Å². The first kappa shape index (κ1) is 19.6. The van der Waals surface area contributed by atoms with Crippen LogP contribution in [0.5, 0.6) is 0 Å². The fourth-order valence-corrected chi connectivity index (χ4v) is 2.94. The van der Waals surface area contributed by atoms with Crippen molar-refractivity contribution in [2.45, 2.75) is 13.0 Å². The molecule has 7 heteroatoms. The number of nitrogens with one attached hydrogen (secondary N) is 2. The van der Waals surface area contributed by atoms with E-state index in [1.54, 1.807) is 0 Å². The molecule has 0 saturated carbocycles. The van der Waals surface area contributed by atoms with Gasteiger partial charge >= 0.3 is 0 Å². The van der Waals surface area contributed by atoms with Crippen LogP contribution in [-0.2, 0) is 17.8 Å². The molecule has 0 spiro atoms. The molecular formula is C21H21ClN4O2. The molecular weight excluding hydrogens is 376 g/mol. The van der Waals surface area contributed by atoms with E-state index in [4.69, 9.17) is 11.6 Å². The van der Waals surface area contributed by atoms with Gasteiger partial charge in [-0.2, -0.15) is 0 Å². The molecule has 0 atom stereocenters. The average Bonchev–Trinajstić information content (AvgIpc) is 2.71. The predicted molar refractivity (Wildman–Crippen MR) is 111 cm³/mol. The van der Waals surface area contributed by atoms with Crippen molar-refractivity contribution in [2.24, 2.45) is 0 Å². The summed E-state index contributed by atoms with van der Waals surface area (Å²) in [6.45, 7) is 0.842. The van der Waals surface area contributed by atoms with Crippen LogP contribution in [0.15, 0.2) is 71.7 Å². The Morgan fingerprint density at radius 2 is 1.64 bits per heavy atom. The van der Waals surface area contributed by atoms with Crippen LogP contribution in [0.3, 0.4) is 0 Å². The second-order valence-electron chi connectivity index (χ2n) is 6.27. The Morgan fingerprint density at radius 3 is 2.32 bits per heavy atom. The molecule has 2 N–H and O–H groups in total. The van der Waals surface area contributed by atoms with Gasteiger partial charge in [0.25, 0.3) is 5.56 Å². The third-order valence-electron chi connectivity index (χ3n) is 4.14. The fourth-order valence-electron chi connectivity index (χ4n) is 2.74. The third-order valence-corrected chi connectivity index (χ3v) is 4.32. The minimum absolute atomic E-state index is 0.0529. The first-order chi connectivity index (χ1) is 13.6. The predicted octanol–water partition coefficient (Wildman–Crippen LogP) is 2.72. The maximum absolute atomic E-state index is 12.6. The third kappa shape index (κ3) is 5.69. The van der Waals surface area contributed by atoms with Gasteiger partial charge in [0.1, 0.15) is 5.15 Å². The Hall–Kier alpha value is -3.12. The van der Waals surface area contributed by atoms with Crippen molar-refractivity contribution in [1.82, 2.24) is 14.9 Å². The molecule has 0 aliphatic rings. The Bertz CT molecular complexity index is 975. The van der Waals surface area contributed by atoms with Crippen LogP contribution in [0.1, 0.15) is 11.1 Å². The topological polar surface area (TPSA) is 76.0 Å². The number of anilines is 1. The smallest absolute Gasteiger partial charge is 0.293 e. The molecule has 144 valence electrons. The quantitative estimate of drug-likeness (QED) is 0.613. The number of hydrogen-bond acceptors (Lipinski definition) is 4. The lowest BCUT2D eigenvalue weighted by molar-refractivity contribution is -0.119. The first-order valence-electron chi connectivity index (χ1n) is 8.97. The molecule has 3 rings (SSSR count). The van der Waals surface area contributed by atoms with Crippen molar-refractivity contribution in [1.29, 1.82) is 0 Å². The lowest BCUT2D eigenvalue weighted by atomic mass is 10.1. The minimum atomic E-state index is -0.328. The average molecular weight is 397 g/mol. The second-order valence-corrected chi connectivity index (χ2v) is 6.66. The van der Waals surface area contributed by atoms with Gasteiger partial charge in [0.15, 0.2) is 5.82 Å². The number of nitrogens with zero attached hydrogens (tertiary/aromatic N) is 2. The summed E-state index contributed by atoms with van der Waals surface area (Å²) in [5.41, 5.74) is 1.79. The molecule has 0 aliphatic carbocycles. The highest BCUT2D eigenvalue weighted by Gasteiger charge is 2.10. The van der Waals surface area contributed by atoms with Crippen LogP contribution in [0.4, 0.5) is 5.82 Å². The molecule has 1 amide bonds. The van der Waals surface area contributed by atoms with Crippen LogP contribution in [0.25, 0.3) is 0 Å². The highest BCUT2D eigenvalue weighted by atomic mass is 35.5. The normalized spacial score (nSPS) is 10.5. The lowest BCUT2D eigenvalue weighted by Crippen LogP contribution is -2.34. The van der Waals surface area contributed by atoms with Crippen LogP contribution in [0.2, 0.25) is 5.15 Å². The summed E-state index contributed by atoms with van der Waals surface area (Å²) >= 11 is 6.04. The highest BCUT2D eigenvalue weighted by Crippen LogP contribution is 2.08. The Balaban J connectivity index is 1.56. The van der Waals surface area contributed by atoms with Crippen LogP contribution < -0.4 is 16.2 Å². The minimum Gasteiger partial charge on any atom is -0.356 e. The molecule has 1 aromatic heterocycles. The molecule has 0 fully saturated rings. The van der Waals surface area contributed by atoms with E-state index in [9.17, 15) is 9.59 Å². The zero-order valence-corrected chi connectivity index (χ0v) is 16.0. The summed E-state index contributed by atoms with van der Waals surface area (Å²) < 4.78 is 1.47. The molecule has 1 heterocycles. The fraction of sp³-hybridized carbons (Fsp3) is 0.190. The largest absolute Gasteiger partial charge is 0.356 e. The molecule has 6 nitrogen and oxygen atoms in total. The van der Waals surface area contributed by atoms with Crippen molar-refractivity contribution in [3.63, 3.8) is 0 Å². The SMILES string of the molecule is O=C(CNc1nc(Cl)cn(Cc2ccccc2)c1=O)NCCc1ccccc1. The van der Waals surface area contributed by atoms with Gasteiger partial charge < -0.3 is 15.2 Å². The van der Waals surface area contributed by atoms with Crippen molar-refractivity contribution in [3.05, 3.63) is 93.5 Å². The molecule has 0 radical (unpaired) electrons. The Morgan fingerprint density at radius 1 is 1.00 bits per heavy atom. The molecule has 2 aromatic carbocycles. The van der Waals surface area contributed by atoms with Crippen molar-refractivity contribution >= 4 is 23.3 Å². The molecule has 0 bridgehead atoms. The van der Waals surface area contributed by atoms with Crippen molar-refractivity contribution in [3.8, 4) is 0 Å². The summed E-state index contributed by atoms with van der Waals surface area (Å²) in [4.78, 5) is 28.6. The second kappa shape index (κ2) is 9.71. The summed E-state index contributed by atoms with van der Waals surface area (Å²) in [5.74, 6) is -0.159. The van der Waals surface area contributed by atoms with Gasteiger partial charge in [0.2, 0.25) is 5.91 Å². The number of hydrogen-bond donors (Lipinski definition) is 2. The van der Waals surface area contributed by atoms with Gasteiger partial charge in [-0.25, -0.2) is 4.98 Å². The molecule has 28 heavy (non-hydrogen) atoms. The van der Waals surface area contributed by atoms with Gasteiger partial charge in [-0.1, -0.05) is 72.3 Å². The van der Waals surface area contributed by atoms with E-state index in [2.05, 4.69) is 15.6 Å².